The fourth-order valence-corrected chi connectivity index (χ4v) is 5.18. The van der Waals surface area contributed by atoms with Crippen molar-refractivity contribution in [3.63, 3.8) is 0 Å². The highest BCUT2D eigenvalue weighted by Crippen LogP contribution is 2.39. The van der Waals surface area contributed by atoms with Crippen molar-refractivity contribution in [2.45, 2.75) is 39.9 Å². The van der Waals surface area contributed by atoms with Gasteiger partial charge in [-0.05, 0) is 52.9 Å². The van der Waals surface area contributed by atoms with E-state index in [1.165, 1.54) is 11.5 Å². The molecule has 0 spiro atoms. The van der Waals surface area contributed by atoms with E-state index in [1.54, 1.807) is 10.8 Å². The van der Waals surface area contributed by atoms with Crippen molar-refractivity contribution in [3.8, 4) is 28.6 Å². The topological polar surface area (TPSA) is 91.1 Å². The van der Waals surface area contributed by atoms with E-state index in [9.17, 15) is 9.59 Å². The summed E-state index contributed by atoms with van der Waals surface area (Å²) >= 11 is 0. The van der Waals surface area contributed by atoms with Crippen LogP contribution in [0.25, 0.3) is 28.0 Å². The molecule has 8 heteroatoms. The van der Waals surface area contributed by atoms with E-state index in [1.807, 2.05) is 97.1 Å². The van der Waals surface area contributed by atoms with Crippen molar-refractivity contribution in [1.82, 2.24) is 19.3 Å². The number of aromatic nitrogens is 4. The van der Waals surface area contributed by atoms with Gasteiger partial charge in [0, 0.05) is 24.6 Å². The summed E-state index contributed by atoms with van der Waals surface area (Å²) in [6.45, 7) is 6.45. The Morgan fingerprint density at radius 2 is 1.49 bits per heavy atom. The first-order chi connectivity index (χ1) is 20.9. The van der Waals surface area contributed by atoms with E-state index in [2.05, 4.69) is 24.0 Å². The van der Waals surface area contributed by atoms with E-state index in [0.717, 1.165) is 27.6 Å². The Labute approximate surface area is 249 Å². The second-order valence-electron chi connectivity index (χ2n) is 10.7. The number of benzene rings is 4. The molecule has 0 radical (unpaired) electrons. The SMILES string of the molecule is CC(=O)n1ccc2cc(-n3c(-c4cc(C(C)C)c(OCc5ccccc5)cc4OCc4ccccc4)n[nH]c3=O)ccc21. The predicted molar refractivity (Wildman–Crippen MR) is 167 cm³/mol. The van der Waals surface area contributed by atoms with Gasteiger partial charge in [0.25, 0.3) is 0 Å². The maximum atomic E-state index is 13.2. The molecule has 0 unspecified atom stereocenters. The van der Waals surface area contributed by atoms with Gasteiger partial charge in [-0.25, -0.2) is 14.5 Å². The van der Waals surface area contributed by atoms with Crippen LogP contribution in [-0.4, -0.2) is 25.2 Å². The highest BCUT2D eigenvalue weighted by Gasteiger charge is 2.22. The van der Waals surface area contributed by atoms with Crippen LogP contribution in [0.3, 0.4) is 0 Å². The summed E-state index contributed by atoms with van der Waals surface area (Å²) in [5, 5.41) is 7.92. The van der Waals surface area contributed by atoms with Crippen LogP contribution < -0.4 is 15.2 Å². The molecule has 0 aliphatic carbocycles. The zero-order valence-electron chi connectivity index (χ0n) is 24.3. The summed E-state index contributed by atoms with van der Waals surface area (Å²) in [6.07, 6.45) is 1.73. The van der Waals surface area contributed by atoms with E-state index >= 15 is 0 Å². The van der Waals surface area contributed by atoms with Crippen LogP contribution in [0.1, 0.15) is 48.2 Å². The fraction of sp³-hybridized carbons (Fsp3) is 0.171. The quantitative estimate of drug-likeness (QED) is 0.199. The standard InChI is InChI=1S/C35H32N4O4/c1-23(2)29-19-30(34-36-37-35(41)39(34)28-14-15-31-27(18-28)16-17-38(31)24(3)40)33(43-22-26-12-8-5-9-13-26)20-32(29)42-21-25-10-6-4-7-11-25/h4-20,23H,21-22H2,1-3H3,(H,37,41). The molecule has 0 atom stereocenters. The van der Waals surface area contributed by atoms with Crippen LogP contribution in [0.4, 0.5) is 0 Å². The van der Waals surface area contributed by atoms with Crippen LogP contribution in [0, 0.1) is 0 Å². The summed E-state index contributed by atoms with van der Waals surface area (Å²) in [5.41, 5.74) is 4.69. The van der Waals surface area contributed by atoms with Crippen LogP contribution in [0.15, 0.2) is 108 Å². The molecule has 6 aromatic rings. The van der Waals surface area contributed by atoms with Crippen molar-refractivity contribution in [1.29, 1.82) is 0 Å². The molecule has 216 valence electrons. The Hall–Kier alpha value is -5.37. The van der Waals surface area contributed by atoms with Gasteiger partial charge >= 0.3 is 5.69 Å². The van der Waals surface area contributed by atoms with Gasteiger partial charge in [-0.1, -0.05) is 74.5 Å². The summed E-state index contributed by atoms with van der Waals surface area (Å²) in [7, 11) is 0. The smallest absolute Gasteiger partial charge is 0.348 e. The van der Waals surface area contributed by atoms with Crippen LogP contribution in [-0.2, 0) is 13.2 Å². The Morgan fingerprint density at radius 3 is 2.12 bits per heavy atom. The second-order valence-corrected chi connectivity index (χ2v) is 10.7. The van der Waals surface area contributed by atoms with E-state index in [-0.39, 0.29) is 17.5 Å². The number of carbonyl (C=O) groups is 1. The van der Waals surface area contributed by atoms with Crippen LogP contribution in [0.2, 0.25) is 0 Å². The number of nitrogens with one attached hydrogen (secondary N) is 1. The lowest BCUT2D eigenvalue weighted by Gasteiger charge is -2.20. The largest absolute Gasteiger partial charge is 0.488 e. The molecule has 6 rings (SSSR count). The summed E-state index contributed by atoms with van der Waals surface area (Å²) in [6, 6.07) is 31.2. The average Bonchev–Trinajstić information content (AvgIpc) is 3.63. The molecule has 0 bridgehead atoms. The first-order valence-electron chi connectivity index (χ1n) is 14.2. The molecule has 0 amide bonds. The lowest BCUT2D eigenvalue weighted by molar-refractivity contribution is 0.0941. The van der Waals surface area contributed by atoms with Gasteiger partial charge in [0.15, 0.2) is 5.82 Å². The zero-order chi connectivity index (χ0) is 29.9. The van der Waals surface area contributed by atoms with Gasteiger partial charge in [-0.2, -0.15) is 5.10 Å². The minimum atomic E-state index is -0.384. The Kier molecular flexibility index (Phi) is 7.66. The number of aromatic amines is 1. The third-order valence-electron chi connectivity index (χ3n) is 7.39. The van der Waals surface area contributed by atoms with Gasteiger partial charge < -0.3 is 9.47 Å². The number of rotatable bonds is 9. The number of carbonyl (C=O) groups excluding carboxylic acids is 1. The van der Waals surface area contributed by atoms with E-state index in [0.29, 0.717) is 41.8 Å². The molecule has 2 aromatic heterocycles. The Morgan fingerprint density at radius 1 is 0.837 bits per heavy atom. The molecule has 0 saturated heterocycles. The molecule has 1 N–H and O–H groups in total. The molecule has 43 heavy (non-hydrogen) atoms. The normalized spacial score (nSPS) is 11.3. The minimum Gasteiger partial charge on any atom is -0.488 e. The third kappa shape index (κ3) is 5.72. The minimum absolute atomic E-state index is 0.0834. The van der Waals surface area contributed by atoms with Crippen molar-refractivity contribution in [2.75, 3.05) is 0 Å². The lowest BCUT2D eigenvalue weighted by Crippen LogP contribution is -2.16. The maximum Gasteiger partial charge on any atom is 0.348 e. The molecular formula is C35H32N4O4. The van der Waals surface area contributed by atoms with Gasteiger partial charge in [-0.3, -0.25) is 9.36 Å². The van der Waals surface area contributed by atoms with Crippen molar-refractivity contribution < 1.29 is 14.3 Å². The molecule has 0 saturated carbocycles. The number of hydrogen-bond acceptors (Lipinski definition) is 5. The number of hydrogen-bond donors (Lipinski definition) is 1. The van der Waals surface area contributed by atoms with Crippen molar-refractivity contribution in [2.24, 2.45) is 0 Å². The molecule has 0 fully saturated rings. The molecule has 2 heterocycles. The third-order valence-corrected chi connectivity index (χ3v) is 7.39. The van der Waals surface area contributed by atoms with E-state index < -0.39 is 0 Å². The zero-order valence-corrected chi connectivity index (χ0v) is 24.3. The van der Waals surface area contributed by atoms with Crippen LogP contribution in [0.5, 0.6) is 11.5 Å². The number of nitrogens with zero attached hydrogens (tertiary/aromatic N) is 3. The van der Waals surface area contributed by atoms with Gasteiger partial charge in [0.1, 0.15) is 24.7 Å². The lowest BCUT2D eigenvalue weighted by atomic mass is 9.98. The van der Waals surface area contributed by atoms with Crippen molar-refractivity contribution >= 4 is 16.8 Å². The van der Waals surface area contributed by atoms with Crippen LogP contribution >= 0.6 is 0 Å². The Bertz CT molecular complexity index is 1950. The number of fused-ring (bicyclic) bond motifs is 1. The van der Waals surface area contributed by atoms with Gasteiger partial charge in [0.2, 0.25) is 5.91 Å². The summed E-state index contributed by atoms with van der Waals surface area (Å²) < 4.78 is 15.9. The first kappa shape index (κ1) is 27.8. The average molecular weight is 573 g/mol. The predicted octanol–water partition coefficient (Wildman–Crippen LogP) is 7.12. The monoisotopic (exact) mass is 572 g/mol. The van der Waals surface area contributed by atoms with Crippen molar-refractivity contribution in [3.05, 3.63) is 130 Å². The summed E-state index contributed by atoms with van der Waals surface area (Å²) in [4.78, 5) is 25.3. The molecule has 4 aromatic carbocycles. The molecular weight excluding hydrogens is 540 g/mol. The van der Waals surface area contributed by atoms with E-state index in [4.69, 9.17) is 9.47 Å². The highest BCUT2D eigenvalue weighted by molar-refractivity contribution is 5.92. The molecule has 8 nitrogen and oxygen atoms in total. The van der Waals surface area contributed by atoms with Gasteiger partial charge in [0.05, 0.1) is 16.8 Å². The molecule has 0 aliphatic rings. The second kappa shape index (κ2) is 11.9. The first-order valence-corrected chi connectivity index (χ1v) is 14.2. The summed E-state index contributed by atoms with van der Waals surface area (Å²) in [5.74, 6) is 1.70. The maximum absolute atomic E-state index is 13.2. The number of ether oxygens (including phenoxy) is 2. The number of H-pyrrole nitrogens is 1. The Balaban J connectivity index is 1.46. The fourth-order valence-electron chi connectivity index (χ4n) is 5.18. The molecule has 0 aliphatic heterocycles. The van der Waals surface area contributed by atoms with Gasteiger partial charge in [-0.15, -0.1) is 0 Å². The highest BCUT2D eigenvalue weighted by atomic mass is 16.5.